The summed E-state index contributed by atoms with van der Waals surface area (Å²) in [7, 11) is -2.15. The van der Waals surface area contributed by atoms with Crippen LogP contribution in [0.3, 0.4) is 0 Å². The van der Waals surface area contributed by atoms with E-state index in [4.69, 9.17) is 14.7 Å². The highest BCUT2D eigenvalue weighted by Crippen LogP contribution is 2.35. The summed E-state index contributed by atoms with van der Waals surface area (Å²) in [5.41, 5.74) is 2.67. The van der Waals surface area contributed by atoms with Crippen molar-refractivity contribution in [3.05, 3.63) is 42.4 Å². The molecule has 1 atom stereocenters. The van der Waals surface area contributed by atoms with Gasteiger partial charge in [0.15, 0.2) is 5.37 Å². The van der Waals surface area contributed by atoms with E-state index in [1.165, 1.54) is 7.05 Å². The van der Waals surface area contributed by atoms with Crippen LogP contribution in [0.5, 0.6) is 0 Å². The molecule has 0 radical (unpaired) electrons. The van der Waals surface area contributed by atoms with Gasteiger partial charge in [0.05, 0.1) is 18.9 Å². The van der Waals surface area contributed by atoms with Gasteiger partial charge in [0.2, 0.25) is 10.0 Å². The van der Waals surface area contributed by atoms with Crippen molar-refractivity contribution in [1.29, 1.82) is 0 Å². The molecule has 5 rings (SSSR count). The van der Waals surface area contributed by atoms with Crippen LogP contribution in [0.25, 0.3) is 22.2 Å². The first-order valence-corrected chi connectivity index (χ1v) is 10.8. The van der Waals surface area contributed by atoms with Crippen molar-refractivity contribution in [3.63, 3.8) is 0 Å². The second-order valence-electron chi connectivity index (χ2n) is 7.00. The number of rotatable bonds is 3. The Bertz CT molecular complexity index is 1150. The zero-order chi connectivity index (χ0) is 19.3. The molecule has 1 saturated heterocycles. The predicted molar refractivity (Wildman–Crippen MR) is 107 cm³/mol. The summed E-state index contributed by atoms with van der Waals surface area (Å²) in [5.74, 6) is 1.34. The Kier molecular flexibility index (Phi) is 4.11. The molecule has 1 unspecified atom stereocenters. The van der Waals surface area contributed by atoms with Crippen LogP contribution in [0, 0.1) is 0 Å². The van der Waals surface area contributed by atoms with Crippen molar-refractivity contribution in [3.8, 4) is 11.3 Å². The average Bonchev–Trinajstić information content (AvgIpc) is 3.16. The lowest BCUT2D eigenvalue weighted by molar-refractivity contribution is 0.122. The topological polar surface area (TPSA) is 89.3 Å². The summed E-state index contributed by atoms with van der Waals surface area (Å²) in [6.45, 7) is 2.82. The van der Waals surface area contributed by atoms with E-state index >= 15 is 0 Å². The van der Waals surface area contributed by atoms with E-state index < -0.39 is 15.4 Å². The molecule has 1 aromatic carbocycles. The molecule has 2 aliphatic heterocycles. The fourth-order valence-corrected chi connectivity index (χ4v) is 5.10. The highest BCUT2D eigenvalue weighted by atomic mass is 32.2. The monoisotopic (exact) mass is 399 g/mol. The Balaban J connectivity index is 1.75. The zero-order valence-corrected chi connectivity index (χ0v) is 16.3. The first-order valence-electron chi connectivity index (χ1n) is 9.30. The molecule has 3 aromatic rings. The van der Waals surface area contributed by atoms with Crippen LogP contribution in [0.15, 0.2) is 36.5 Å². The molecule has 28 heavy (non-hydrogen) atoms. The third-order valence-electron chi connectivity index (χ3n) is 5.44. The van der Waals surface area contributed by atoms with Gasteiger partial charge in [0, 0.05) is 48.2 Å². The minimum Gasteiger partial charge on any atom is -0.378 e. The molecule has 6 bridgehead atoms. The van der Waals surface area contributed by atoms with E-state index in [-0.39, 0.29) is 6.42 Å². The molecule has 0 amide bonds. The van der Waals surface area contributed by atoms with Gasteiger partial charge >= 0.3 is 0 Å². The lowest BCUT2D eigenvalue weighted by Gasteiger charge is -2.28. The highest BCUT2D eigenvalue weighted by Gasteiger charge is 2.30. The largest absolute Gasteiger partial charge is 0.378 e. The average molecular weight is 399 g/mol. The van der Waals surface area contributed by atoms with Gasteiger partial charge in [-0.25, -0.2) is 23.1 Å². The number of benzene rings is 1. The zero-order valence-electron chi connectivity index (χ0n) is 15.5. The number of morpholine rings is 1. The number of ether oxygens (including phenoxy) is 1. The van der Waals surface area contributed by atoms with Gasteiger partial charge < -0.3 is 14.2 Å². The summed E-state index contributed by atoms with van der Waals surface area (Å²) in [4.78, 5) is 11.6. The second kappa shape index (κ2) is 6.54. The van der Waals surface area contributed by atoms with E-state index in [1.54, 1.807) is 4.57 Å². The summed E-state index contributed by atoms with van der Waals surface area (Å²) in [6.07, 6.45) is 2.03. The third-order valence-corrected chi connectivity index (χ3v) is 7.12. The molecule has 0 saturated carbocycles. The number of sulfonamides is 1. The maximum Gasteiger partial charge on any atom is 0.233 e. The Labute approximate surface area is 163 Å². The van der Waals surface area contributed by atoms with Crippen LogP contribution >= 0.6 is 0 Å². The molecule has 1 fully saturated rings. The molecule has 0 aliphatic carbocycles. The highest BCUT2D eigenvalue weighted by molar-refractivity contribution is 7.89. The third kappa shape index (κ3) is 2.78. The van der Waals surface area contributed by atoms with E-state index in [2.05, 4.69) is 9.62 Å². The molecule has 0 spiro atoms. The molecule has 146 valence electrons. The van der Waals surface area contributed by atoms with Gasteiger partial charge in [-0.05, 0) is 19.2 Å². The van der Waals surface area contributed by atoms with Crippen molar-refractivity contribution < 1.29 is 13.2 Å². The maximum atomic E-state index is 12.8. The summed E-state index contributed by atoms with van der Waals surface area (Å²) < 4.78 is 35.4. The van der Waals surface area contributed by atoms with Crippen LogP contribution in [0.4, 0.5) is 5.82 Å². The second-order valence-corrected chi connectivity index (χ2v) is 9.04. The number of hydrogen-bond donors (Lipinski definition) is 1. The first kappa shape index (κ1) is 17.6. The molecule has 8 nitrogen and oxygen atoms in total. The Hall–Kier alpha value is -2.49. The molecule has 2 aromatic heterocycles. The van der Waals surface area contributed by atoms with Crippen LogP contribution in [-0.2, 0) is 21.2 Å². The van der Waals surface area contributed by atoms with Crippen molar-refractivity contribution in [2.45, 2.75) is 11.8 Å². The summed E-state index contributed by atoms with van der Waals surface area (Å²) in [5, 5.41) is 0.161. The van der Waals surface area contributed by atoms with Gasteiger partial charge in [0.25, 0.3) is 0 Å². The first-order chi connectivity index (χ1) is 13.6. The van der Waals surface area contributed by atoms with E-state index in [9.17, 15) is 8.42 Å². The van der Waals surface area contributed by atoms with Crippen LogP contribution in [0.2, 0.25) is 0 Å². The van der Waals surface area contributed by atoms with Gasteiger partial charge in [-0.15, -0.1) is 0 Å². The van der Waals surface area contributed by atoms with Crippen molar-refractivity contribution >= 4 is 26.7 Å². The van der Waals surface area contributed by atoms with Gasteiger partial charge in [0.1, 0.15) is 11.6 Å². The predicted octanol–water partition coefficient (Wildman–Crippen LogP) is 1.54. The molecular weight excluding hydrogens is 378 g/mol. The minimum atomic E-state index is -3.59. The van der Waals surface area contributed by atoms with Crippen molar-refractivity contribution in [1.82, 2.24) is 19.3 Å². The van der Waals surface area contributed by atoms with Crippen molar-refractivity contribution in [2.24, 2.45) is 0 Å². The number of hydrogen-bond acceptors (Lipinski definition) is 6. The summed E-state index contributed by atoms with van der Waals surface area (Å²) in [6, 6.07) is 9.87. The Morgan fingerprint density at radius 1 is 1.18 bits per heavy atom. The normalized spacial score (nSPS) is 19.5. The number of fused-ring (bicyclic) bond motifs is 3. The molecule has 9 heteroatoms. The number of nitrogens with zero attached hydrogens (tertiary/aromatic N) is 4. The van der Waals surface area contributed by atoms with Gasteiger partial charge in [-0.2, -0.15) is 0 Å². The standard InChI is InChI=1S/C19H21N5O3S/c1-20-28(25,26)19-12-17-21-15(11-18(22-17)23-7-9-27-10-8-23)13-3-2-4-16-14(13)5-6-24(16)19/h2-6,11,19-20H,7-10,12H2,1H3. The fraction of sp³-hybridized carbons (Fsp3) is 0.368. The molecule has 2 aliphatic rings. The van der Waals surface area contributed by atoms with Crippen LogP contribution in [-0.4, -0.2) is 56.3 Å². The fourth-order valence-electron chi connectivity index (χ4n) is 3.98. The van der Waals surface area contributed by atoms with Crippen molar-refractivity contribution in [2.75, 3.05) is 38.3 Å². The maximum absolute atomic E-state index is 12.8. The lowest BCUT2D eigenvalue weighted by Crippen LogP contribution is -2.37. The molecular formula is C19H21N5O3S. The smallest absolute Gasteiger partial charge is 0.233 e. The van der Waals surface area contributed by atoms with E-state index in [0.29, 0.717) is 19.0 Å². The molecule has 4 heterocycles. The van der Waals surface area contributed by atoms with Crippen LogP contribution < -0.4 is 9.62 Å². The lowest BCUT2D eigenvalue weighted by atomic mass is 10.1. The Morgan fingerprint density at radius 3 is 2.79 bits per heavy atom. The molecule has 1 N–H and O–H groups in total. The number of anilines is 1. The van der Waals surface area contributed by atoms with E-state index in [0.717, 1.165) is 41.1 Å². The minimum absolute atomic E-state index is 0.191. The van der Waals surface area contributed by atoms with Gasteiger partial charge in [-0.1, -0.05) is 12.1 Å². The Morgan fingerprint density at radius 2 is 2.00 bits per heavy atom. The number of nitrogens with one attached hydrogen (secondary N) is 1. The van der Waals surface area contributed by atoms with Crippen LogP contribution in [0.1, 0.15) is 11.2 Å². The van der Waals surface area contributed by atoms with E-state index in [1.807, 2.05) is 36.5 Å². The summed E-state index contributed by atoms with van der Waals surface area (Å²) >= 11 is 0. The van der Waals surface area contributed by atoms with Gasteiger partial charge in [-0.3, -0.25) is 0 Å². The quantitative estimate of drug-likeness (QED) is 0.719. The SMILES string of the molecule is CNS(=O)(=O)C1Cc2nc(cc(N3CCOCC3)n2)-c2cccc3c2ccn31. The number of aromatic nitrogens is 3.